The highest BCUT2D eigenvalue weighted by Gasteiger charge is 2.51. The topological polar surface area (TPSA) is 277 Å². The Labute approximate surface area is 189 Å². The zero-order valence-electron chi connectivity index (χ0n) is 17.7. The molecule has 0 spiro atoms. The lowest BCUT2D eigenvalue weighted by Gasteiger charge is -2.48. The fraction of sp³-hybridized carbons (Fsp3) is 1.00. The van der Waals surface area contributed by atoms with Gasteiger partial charge in [-0.25, -0.2) is 0 Å². The Morgan fingerprint density at radius 3 is 1.55 bits per heavy atom. The zero-order valence-corrected chi connectivity index (χ0v) is 17.7. The summed E-state index contributed by atoms with van der Waals surface area (Å²) in [5.74, 6) is 0. The predicted molar refractivity (Wildman–Crippen MR) is 106 cm³/mol. The largest absolute Gasteiger partial charge is 0.394 e. The van der Waals surface area contributed by atoms with Crippen LogP contribution in [0.25, 0.3) is 0 Å². The maximum Gasteiger partial charge on any atom is 0.187 e. The van der Waals surface area contributed by atoms with Crippen molar-refractivity contribution < 1.29 is 59.8 Å². The molecule has 6 unspecified atom stereocenters. The first-order valence-corrected chi connectivity index (χ1v) is 10.7. The van der Waals surface area contributed by atoms with Gasteiger partial charge >= 0.3 is 0 Å². The molecule has 2 saturated heterocycles. The van der Waals surface area contributed by atoms with Crippen molar-refractivity contribution >= 4 is 0 Å². The molecule has 0 bridgehead atoms. The van der Waals surface area contributed by atoms with E-state index in [1.54, 1.807) is 0 Å². The minimum Gasteiger partial charge on any atom is -0.394 e. The first-order valence-electron chi connectivity index (χ1n) is 10.7. The molecule has 0 aromatic rings. The zero-order chi connectivity index (χ0) is 24.6. The molecule has 2 aliphatic heterocycles. The highest BCUT2D eigenvalue weighted by Crippen LogP contribution is 2.31. The third-order valence-corrected chi connectivity index (χ3v) is 6.43. The number of hydrogen-bond donors (Lipinski definition) is 11. The molecule has 0 aromatic heterocycles. The van der Waals surface area contributed by atoms with E-state index in [0.717, 1.165) is 0 Å². The standard InChI is InChI=1S/C18H35N3O12/c19-4-1-5(20)16(33-18-13(28)12(27)10(25)7(3-23)31-18)14(29)15(4)32-17-11(26)8(21)9(24)6(2-22)30-17/h4-18,22-29H,1-3,19-21H2/t4-,5?,6?,7?,8?,9-,10+,11-,12+,13?,14-,15?,16+,17-,18+/m1/s1. The Kier molecular flexibility index (Phi) is 8.99. The Balaban J connectivity index is 1.72. The average Bonchev–Trinajstić information content (AvgIpc) is 2.79. The monoisotopic (exact) mass is 485 g/mol. The van der Waals surface area contributed by atoms with Gasteiger partial charge in [0, 0.05) is 12.1 Å². The maximum absolute atomic E-state index is 10.9. The van der Waals surface area contributed by atoms with Crippen LogP contribution in [0, 0.1) is 0 Å². The van der Waals surface area contributed by atoms with Gasteiger partial charge in [-0.1, -0.05) is 0 Å². The third-order valence-electron chi connectivity index (χ3n) is 6.43. The van der Waals surface area contributed by atoms with E-state index in [1.807, 2.05) is 0 Å². The Morgan fingerprint density at radius 1 is 0.606 bits per heavy atom. The normalized spacial score (nSPS) is 53.7. The average molecular weight is 485 g/mol. The van der Waals surface area contributed by atoms with E-state index in [4.69, 9.17) is 36.1 Å². The van der Waals surface area contributed by atoms with Crippen molar-refractivity contribution in [3.8, 4) is 0 Å². The molecule has 0 aromatic carbocycles. The van der Waals surface area contributed by atoms with Crippen LogP contribution in [0.2, 0.25) is 0 Å². The third kappa shape index (κ3) is 5.32. The van der Waals surface area contributed by atoms with Crippen LogP contribution in [0.1, 0.15) is 6.42 Å². The highest BCUT2D eigenvalue weighted by molar-refractivity contribution is 5.01. The summed E-state index contributed by atoms with van der Waals surface area (Å²) in [5.41, 5.74) is 17.9. The summed E-state index contributed by atoms with van der Waals surface area (Å²) < 4.78 is 22.0. The molecule has 3 fully saturated rings. The molecule has 15 atom stereocenters. The molecule has 14 N–H and O–H groups in total. The number of ether oxygens (including phenoxy) is 4. The fourth-order valence-corrected chi connectivity index (χ4v) is 4.36. The molecule has 194 valence electrons. The lowest BCUT2D eigenvalue weighted by molar-refractivity contribution is -0.335. The minimum absolute atomic E-state index is 0.0603. The van der Waals surface area contributed by atoms with Crippen LogP contribution in [0.5, 0.6) is 0 Å². The molecular weight excluding hydrogens is 450 g/mol. The van der Waals surface area contributed by atoms with Crippen LogP contribution < -0.4 is 17.2 Å². The van der Waals surface area contributed by atoms with Crippen molar-refractivity contribution in [3.05, 3.63) is 0 Å². The number of nitrogens with two attached hydrogens (primary N) is 3. The molecular formula is C18H35N3O12. The Morgan fingerprint density at radius 2 is 1.06 bits per heavy atom. The van der Waals surface area contributed by atoms with Gasteiger partial charge in [-0.3, -0.25) is 0 Å². The summed E-state index contributed by atoms with van der Waals surface area (Å²) in [6.07, 6.45) is -17.2. The molecule has 1 aliphatic carbocycles. The van der Waals surface area contributed by atoms with E-state index in [1.165, 1.54) is 0 Å². The molecule has 3 aliphatic rings. The van der Waals surface area contributed by atoms with E-state index < -0.39 is 105 Å². The molecule has 2 heterocycles. The molecule has 0 amide bonds. The van der Waals surface area contributed by atoms with Gasteiger partial charge in [0.05, 0.1) is 19.3 Å². The first-order chi connectivity index (χ1) is 15.5. The molecule has 1 saturated carbocycles. The van der Waals surface area contributed by atoms with E-state index in [2.05, 4.69) is 0 Å². The van der Waals surface area contributed by atoms with Crippen LogP contribution in [0.15, 0.2) is 0 Å². The quantitative estimate of drug-likeness (QED) is 0.167. The van der Waals surface area contributed by atoms with Crippen molar-refractivity contribution in [1.82, 2.24) is 0 Å². The Bertz CT molecular complexity index is 582. The van der Waals surface area contributed by atoms with Gasteiger partial charge in [0.15, 0.2) is 12.6 Å². The van der Waals surface area contributed by atoms with Gasteiger partial charge in [0.2, 0.25) is 0 Å². The summed E-state index contributed by atoms with van der Waals surface area (Å²) >= 11 is 0. The first kappa shape index (κ1) is 27.0. The van der Waals surface area contributed by atoms with E-state index in [0.29, 0.717) is 0 Å². The highest BCUT2D eigenvalue weighted by atomic mass is 16.7. The summed E-state index contributed by atoms with van der Waals surface area (Å²) in [6, 6.07) is -2.92. The fourth-order valence-electron chi connectivity index (χ4n) is 4.36. The van der Waals surface area contributed by atoms with Crippen LogP contribution in [-0.2, 0) is 18.9 Å². The summed E-state index contributed by atoms with van der Waals surface area (Å²) in [5, 5.41) is 80.0. The van der Waals surface area contributed by atoms with E-state index >= 15 is 0 Å². The summed E-state index contributed by atoms with van der Waals surface area (Å²) in [4.78, 5) is 0. The smallest absolute Gasteiger partial charge is 0.187 e. The van der Waals surface area contributed by atoms with Crippen LogP contribution in [0.4, 0.5) is 0 Å². The molecule has 15 heteroatoms. The summed E-state index contributed by atoms with van der Waals surface area (Å²) in [7, 11) is 0. The van der Waals surface area contributed by atoms with Crippen LogP contribution in [-0.4, -0.2) is 146 Å². The molecule has 15 nitrogen and oxygen atoms in total. The maximum atomic E-state index is 10.9. The van der Waals surface area contributed by atoms with Crippen LogP contribution >= 0.6 is 0 Å². The second-order valence-electron chi connectivity index (χ2n) is 8.74. The van der Waals surface area contributed by atoms with E-state index in [9.17, 15) is 40.9 Å². The van der Waals surface area contributed by atoms with Gasteiger partial charge in [-0.2, -0.15) is 0 Å². The number of aliphatic hydroxyl groups excluding tert-OH is 8. The van der Waals surface area contributed by atoms with Gasteiger partial charge < -0.3 is 77.0 Å². The van der Waals surface area contributed by atoms with E-state index in [-0.39, 0.29) is 6.42 Å². The van der Waals surface area contributed by atoms with Gasteiger partial charge in [0.1, 0.15) is 61.0 Å². The van der Waals surface area contributed by atoms with Gasteiger partial charge in [-0.05, 0) is 6.42 Å². The van der Waals surface area contributed by atoms with Crippen molar-refractivity contribution in [3.63, 3.8) is 0 Å². The van der Waals surface area contributed by atoms with Gasteiger partial charge in [0.25, 0.3) is 0 Å². The van der Waals surface area contributed by atoms with Crippen molar-refractivity contribution in [2.24, 2.45) is 17.2 Å². The SMILES string of the molecule is NC1[C@H](O)C(CO)O[C@H](OC2[C@H](N)CC(N)[C@H](O[C@@H]3OC(CO)[C@H](O)[C@H](O)C3O)[C@@H]2O)[C@@H]1O. The minimum atomic E-state index is -1.72. The molecule has 3 rings (SSSR count). The number of hydrogen-bond acceptors (Lipinski definition) is 15. The number of aliphatic hydroxyl groups is 8. The predicted octanol–water partition coefficient (Wildman–Crippen LogP) is -7.26. The lowest BCUT2D eigenvalue weighted by Crippen LogP contribution is -2.68. The van der Waals surface area contributed by atoms with Crippen molar-refractivity contribution in [2.75, 3.05) is 13.2 Å². The Hall–Kier alpha value is -0.600. The summed E-state index contributed by atoms with van der Waals surface area (Å²) in [6.45, 7) is -1.27. The van der Waals surface area contributed by atoms with Gasteiger partial charge in [-0.15, -0.1) is 0 Å². The lowest BCUT2D eigenvalue weighted by atomic mass is 9.84. The number of rotatable bonds is 6. The van der Waals surface area contributed by atoms with Crippen molar-refractivity contribution in [2.45, 2.75) is 98.2 Å². The molecule has 0 radical (unpaired) electrons. The van der Waals surface area contributed by atoms with Crippen molar-refractivity contribution in [1.29, 1.82) is 0 Å². The second-order valence-corrected chi connectivity index (χ2v) is 8.74. The molecule has 33 heavy (non-hydrogen) atoms. The second kappa shape index (κ2) is 11.0. The van der Waals surface area contributed by atoms with Crippen LogP contribution in [0.3, 0.4) is 0 Å².